The maximum Gasteiger partial charge on any atom is 0.148 e. The summed E-state index contributed by atoms with van der Waals surface area (Å²) < 4.78 is 0. The number of likely N-dealkylation sites (tertiary alicyclic amines) is 1. The first-order chi connectivity index (χ1) is 12.3. The van der Waals surface area contributed by atoms with Crippen molar-refractivity contribution in [2.45, 2.75) is 51.0 Å². The van der Waals surface area contributed by atoms with Gasteiger partial charge in [0, 0.05) is 25.6 Å². The molecule has 4 rings (SSSR count). The lowest BCUT2D eigenvalue weighted by Gasteiger charge is -2.29. The Bertz CT molecular complexity index is 686. The first kappa shape index (κ1) is 18.1. The quantitative estimate of drug-likeness (QED) is 0.920. The third-order valence-electron chi connectivity index (χ3n) is 5.41. The minimum atomic E-state index is 0.216. The molecule has 1 aliphatic carbocycles. The van der Waals surface area contributed by atoms with E-state index in [0.717, 1.165) is 32.0 Å². The summed E-state index contributed by atoms with van der Waals surface area (Å²) in [6, 6.07) is 15.2. The molecule has 0 aromatic heterocycles. The second-order valence-electron chi connectivity index (χ2n) is 7.16. The first-order valence-electron chi connectivity index (χ1n) is 9.61. The molecule has 2 fully saturated rings. The summed E-state index contributed by atoms with van der Waals surface area (Å²) in [4.78, 5) is 13.4. The van der Waals surface area contributed by atoms with Gasteiger partial charge in [0.05, 0.1) is 6.54 Å². The van der Waals surface area contributed by atoms with Gasteiger partial charge in [0.15, 0.2) is 0 Å². The van der Waals surface area contributed by atoms with Crippen LogP contribution in [0.4, 0.5) is 0 Å². The molecule has 0 unspecified atom stereocenters. The van der Waals surface area contributed by atoms with Crippen molar-refractivity contribution in [1.82, 2.24) is 4.90 Å². The second-order valence-corrected chi connectivity index (χ2v) is 7.16. The molecule has 2 aromatic rings. The molecule has 1 saturated heterocycles. The normalized spacial score (nSPS) is 19.0. The molecule has 0 atom stereocenters. The van der Waals surface area contributed by atoms with Gasteiger partial charge in [-0.05, 0) is 35.6 Å². The van der Waals surface area contributed by atoms with Crippen LogP contribution in [-0.2, 0) is 11.2 Å². The molecule has 1 heterocycles. The highest BCUT2D eigenvalue weighted by atomic mass is 16.2. The fraction of sp³-hybridized carbons (Fsp3) is 0.500. The van der Waals surface area contributed by atoms with Gasteiger partial charge in [-0.2, -0.15) is 0 Å². The SMILES string of the molecule is O=C1CCN(C2CCCCC2)C1.OCCc1cccc2ccccc12. The molecule has 3 heteroatoms. The summed E-state index contributed by atoms with van der Waals surface area (Å²) in [5, 5.41) is 11.4. The van der Waals surface area contributed by atoms with Gasteiger partial charge in [0.2, 0.25) is 0 Å². The van der Waals surface area contributed by atoms with E-state index in [-0.39, 0.29) is 6.61 Å². The van der Waals surface area contributed by atoms with Gasteiger partial charge in [-0.15, -0.1) is 0 Å². The molecular weight excluding hydrogens is 310 g/mol. The summed E-state index contributed by atoms with van der Waals surface area (Å²) in [7, 11) is 0. The number of nitrogens with zero attached hydrogens (tertiary/aromatic N) is 1. The Morgan fingerprint density at radius 2 is 1.76 bits per heavy atom. The van der Waals surface area contributed by atoms with Gasteiger partial charge in [0.1, 0.15) is 5.78 Å². The monoisotopic (exact) mass is 339 g/mol. The van der Waals surface area contributed by atoms with E-state index in [2.05, 4.69) is 29.2 Å². The summed E-state index contributed by atoms with van der Waals surface area (Å²) in [5.41, 5.74) is 1.22. The van der Waals surface area contributed by atoms with Gasteiger partial charge in [-0.3, -0.25) is 9.69 Å². The van der Waals surface area contributed by atoms with Crippen molar-refractivity contribution in [3.8, 4) is 0 Å². The van der Waals surface area contributed by atoms with E-state index in [9.17, 15) is 4.79 Å². The fourth-order valence-electron chi connectivity index (χ4n) is 4.04. The molecule has 0 bridgehead atoms. The van der Waals surface area contributed by atoms with Crippen LogP contribution in [0, 0.1) is 0 Å². The number of fused-ring (bicyclic) bond motifs is 1. The van der Waals surface area contributed by atoms with Crippen LogP contribution in [0.5, 0.6) is 0 Å². The number of carbonyl (C=O) groups is 1. The van der Waals surface area contributed by atoms with E-state index in [0.29, 0.717) is 5.78 Å². The van der Waals surface area contributed by atoms with Crippen LogP contribution in [0.3, 0.4) is 0 Å². The minimum absolute atomic E-state index is 0.216. The Labute approximate surface area is 150 Å². The Morgan fingerprint density at radius 1 is 1.00 bits per heavy atom. The fourth-order valence-corrected chi connectivity index (χ4v) is 4.04. The molecule has 134 valence electrons. The van der Waals surface area contributed by atoms with Crippen molar-refractivity contribution in [2.75, 3.05) is 19.7 Å². The molecule has 0 amide bonds. The number of carbonyl (C=O) groups excluding carboxylic acids is 1. The van der Waals surface area contributed by atoms with Gasteiger partial charge in [-0.25, -0.2) is 0 Å². The van der Waals surface area contributed by atoms with Crippen LogP contribution in [0.2, 0.25) is 0 Å². The van der Waals surface area contributed by atoms with Crippen molar-refractivity contribution in [3.05, 3.63) is 48.0 Å². The number of Topliss-reactive ketones (excluding diaryl/α,β-unsaturated/α-hetero) is 1. The van der Waals surface area contributed by atoms with E-state index >= 15 is 0 Å². The van der Waals surface area contributed by atoms with Crippen LogP contribution >= 0.6 is 0 Å². The van der Waals surface area contributed by atoms with E-state index in [1.54, 1.807) is 0 Å². The lowest BCUT2D eigenvalue weighted by atomic mass is 9.94. The number of benzene rings is 2. The van der Waals surface area contributed by atoms with Gasteiger partial charge in [0.25, 0.3) is 0 Å². The van der Waals surface area contributed by atoms with Crippen molar-refractivity contribution in [3.63, 3.8) is 0 Å². The number of aliphatic hydroxyl groups is 1. The average molecular weight is 339 g/mol. The molecule has 0 spiro atoms. The maximum absolute atomic E-state index is 11.1. The molecule has 1 aliphatic heterocycles. The zero-order valence-corrected chi connectivity index (χ0v) is 15.0. The third-order valence-corrected chi connectivity index (χ3v) is 5.41. The second kappa shape index (κ2) is 9.12. The minimum Gasteiger partial charge on any atom is -0.396 e. The predicted molar refractivity (Wildman–Crippen MR) is 103 cm³/mol. The first-order valence-corrected chi connectivity index (χ1v) is 9.61. The molecule has 1 N–H and O–H groups in total. The van der Waals surface area contributed by atoms with Crippen LogP contribution in [0.15, 0.2) is 42.5 Å². The number of ketones is 1. The van der Waals surface area contributed by atoms with E-state index in [4.69, 9.17) is 5.11 Å². The molecule has 1 saturated carbocycles. The Morgan fingerprint density at radius 3 is 2.48 bits per heavy atom. The van der Waals surface area contributed by atoms with Crippen molar-refractivity contribution in [1.29, 1.82) is 0 Å². The largest absolute Gasteiger partial charge is 0.396 e. The number of rotatable bonds is 3. The van der Waals surface area contributed by atoms with Crippen LogP contribution in [0.25, 0.3) is 10.8 Å². The number of hydrogen-bond acceptors (Lipinski definition) is 3. The van der Waals surface area contributed by atoms with Gasteiger partial charge >= 0.3 is 0 Å². The highest BCUT2D eigenvalue weighted by Crippen LogP contribution is 2.24. The highest BCUT2D eigenvalue weighted by Gasteiger charge is 2.27. The predicted octanol–water partition coefficient (Wildman–Crippen LogP) is 3.97. The standard InChI is InChI=1S/C12H12O.C10H17NO/c13-9-8-11-6-3-5-10-4-1-2-7-12(10)11;12-10-6-7-11(8-10)9-4-2-1-3-5-9/h1-7,13H,8-9H2;9H,1-8H2. The zero-order valence-electron chi connectivity index (χ0n) is 15.0. The van der Waals surface area contributed by atoms with Gasteiger partial charge in [-0.1, -0.05) is 61.7 Å². The van der Waals surface area contributed by atoms with Crippen molar-refractivity contribution in [2.24, 2.45) is 0 Å². The van der Waals surface area contributed by atoms with Gasteiger partial charge < -0.3 is 5.11 Å². The van der Waals surface area contributed by atoms with E-state index < -0.39 is 0 Å². The molecule has 3 nitrogen and oxygen atoms in total. The number of hydrogen-bond donors (Lipinski definition) is 1. The van der Waals surface area contributed by atoms with E-state index in [1.807, 2.05) is 18.2 Å². The summed E-state index contributed by atoms with van der Waals surface area (Å²) in [6.45, 7) is 1.99. The maximum atomic E-state index is 11.1. The third kappa shape index (κ3) is 4.90. The Kier molecular flexibility index (Phi) is 6.60. The molecular formula is C22H29NO2. The van der Waals surface area contributed by atoms with Crippen molar-refractivity contribution >= 4 is 16.6 Å². The van der Waals surface area contributed by atoms with Crippen LogP contribution < -0.4 is 0 Å². The highest BCUT2D eigenvalue weighted by molar-refractivity contribution is 5.85. The van der Waals surface area contributed by atoms with Crippen molar-refractivity contribution < 1.29 is 9.90 Å². The smallest absolute Gasteiger partial charge is 0.148 e. The Hall–Kier alpha value is -1.71. The molecule has 0 radical (unpaired) electrons. The molecule has 2 aliphatic rings. The topological polar surface area (TPSA) is 40.5 Å². The lowest BCUT2D eigenvalue weighted by molar-refractivity contribution is -0.117. The Balaban J connectivity index is 0.000000146. The van der Waals surface area contributed by atoms with Crippen LogP contribution in [-0.4, -0.2) is 41.5 Å². The van der Waals surface area contributed by atoms with E-state index in [1.165, 1.54) is 48.4 Å². The summed E-state index contributed by atoms with van der Waals surface area (Å²) in [6.07, 6.45) is 8.33. The van der Waals surface area contributed by atoms with Crippen LogP contribution in [0.1, 0.15) is 44.1 Å². The average Bonchev–Trinajstić information content (AvgIpc) is 3.10. The zero-order chi connectivity index (χ0) is 17.5. The summed E-state index contributed by atoms with van der Waals surface area (Å²) in [5.74, 6) is 0.445. The number of aliphatic hydroxyl groups excluding tert-OH is 1. The summed E-state index contributed by atoms with van der Waals surface area (Å²) >= 11 is 0. The molecule has 25 heavy (non-hydrogen) atoms. The molecule has 2 aromatic carbocycles. The lowest BCUT2D eigenvalue weighted by Crippen LogP contribution is -2.34.